The number of hydrogen-bond donors (Lipinski definition) is 1. The van der Waals surface area contributed by atoms with E-state index in [1.165, 1.54) is 0 Å². The minimum atomic E-state index is -0.878. The van der Waals surface area contributed by atoms with Crippen LogP contribution in [0.15, 0.2) is 125 Å². The summed E-state index contributed by atoms with van der Waals surface area (Å²) in [6, 6.07) is 32.6. The van der Waals surface area contributed by atoms with Gasteiger partial charge in [0, 0.05) is 29.4 Å². The van der Waals surface area contributed by atoms with E-state index >= 15 is 0 Å². The molecule has 1 N–H and O–H groups in total. The van der Waals surface area contributed by atoms with Gasteiger partial charge >= 0.3 is 11.9 Å². The van der Waals surface area contributed by atoms with Crippen molar-refractivity contribution in [3.63, 3.8) is 0 Å². The molecule has 0 fully saturated rings. The van der Waals surface area contributed by atoms with Gasteiger partial charge in [-0.3, -0.25) is 9.59 Å². The van der Waals surface area contributed by atoms with Gasteiger partial charge in [0.1, 0.15) is 0 Å². The lowest BCUT2D eigenvalue weighted by Crippen LogP contribution is -2.37. The average molecular weight is 625 g/mol. The number of benzene rings is 4. The molecule has 0 aliphatic carbocycles. The zero-order valence-electron chi connectivity index (χ0n) is 26.0. The van der Waals surface area contributed by atoms with Crippen LogP contribution >= 0.6 is 0 Å². The molecule has 234 valence electrons. The van der Waals surface area contributed by atoms with Crippen LogP contribution in [0.5, 0.6) is 0 Å². The number of carboxylic acid groups (broad SMARTS) is 1. The summed E-state index contributed by atoms with van der Waals surface area (Å²) >= 11 is 0. The van der Waals surface area contributed by atoms with Gasteiger partial charge in [-0.1, -0.05) is 66.7 Å². The predicted molar refractivity (Wildman–Crippen MR) is 180 cm³/mol. The summed E-state index contributed by atoms with van der Waals surface area (Å²) in [6.45, 7) is 3.44. The van der Waals surface area contributed by atoms with E-state index in [1.54, 1.807) is 18.2 Å². The van der Waals surface area contributed by atoms with Gasteiger partial charge in [-0.15, -0.1) is 0 Å². The topological polar surface area (TPSA) is 108 Å². The molecule has 0 amide bonds. The van der Waals surface area contributed by atoms with Gasteiger partial charge in [-0.05, 0) is 71.7 Å². The summed E-state index contributed by atoms with van der Waals surface area (Å²) in [5.74, 6) is -0.372. The quantitative estimate of drug-likeness (QED) is 0.0530. The Balaban J connectivity index is 1.44. The predicted octanol–water partition coefficient (Wildman–Crippen LogP) is 6.89. The smallest absolute Gasteiger partial charge is 0.374 e. The lowest BCUT2D eigenvalue weighted by atomic mass is 9.76. The van der Waals surface area contributed by atoms with Gasteiger partial charge in [-0.25, -0.2) is 0 Å². The van der Waals surface area contributed by atoms with Gasteiger partial charge < -0.3 is 19.2 Å². The van der Waals surface area contributed by atoms with Crippen LogP contribution in [0.1, 0.15) is 30.4 Å². The van der Waals surface area contributed by atoms with Gasteiger partial charge in [-0.2, -0.15) is 9.83 Å². The number of nitriles is 1. The van der Waals surface area contributed by atoms with Crippen molar-refractivity contribution in [3.8, 4) is 6.07 Å². The molecule has 1 aromatic heterocycles. The Hall–Kier alpha value is -5.94. The number of ether oxygens (including phenoxy) is 1. The van der Waals surface area contributed by atoms with Gasteiger partial charge in [0.25, 0.3) is 12.0 Å². The maximum absolute atomic E-state index is 11.8. The summed E-state index contributed by atoms with van der Waals surface area (Å²) in [4.78, 5) is 24.6. The largest absolute Gasteiger partial charge is 0.481 e. The number of allylic oxidation sites excluding steroid dienone is 5. The third kappa shape index (κ3) is 6.42. The summed E-state index contributed by atoms with van der Waals surface area (Å²) in [7, 11) is 0. The third-order valence-electron chi connectivity index (χ3n) is 8.65. The molecule has 1 unspecified atom stereocenters. The Labute approximate surface area is 272 Å². The highest BCUT2D eigenvalue weighted by atomic mass is 16.5. The van der Waals surface area contributed by atoms with Crippen LogP contribution in [0, 0.1) is 11.3 Å². The van der Waals surface area contributed by atoms with Gasteiger partial charge in [0.2, 0.25) is 5.58 Å². The van der Waals surface area contributed by atoms with Crippen LogP contribution in [-0.2, 0) is 32.7 Å². The second kappa shape index (κ2) is 13.6. The highest BCUT2D eigenvalue weighted by Crippen LogP contribution is 2.51. The first-order valence-corrected chi connectivity index (χ1v) is 15.4. The SMILES string of the molecule is CC1(Cc2ccccc2)\C(=C/C=C(C#N)/C=C/c2oc3ccccc3[n+]2CCOC=O)N(CCC(=O)O)c2cc3ccccc3cc21. The van der Waals surface area contributed by atoms with Crippen LogP contribution in [0.2, 0.25) is 0 Å². The molecule has 0 saturated carbocycles. The Morgan fingerprint density at radius 3 is 2.51 bits per heavy atom. The summed E-state index contributed by atoms with van der Waals surface area (Å²) in [5, 5.41) is 22.0. The number of oxazole rings is 1. The van der Waals surface area contributed by atoms with Crippen molar-refractivity contribution in [3.05, 3.63) is 138 Å². The summed E-state index contributed by atoms with van der Waals surface area (Å²) in [5.41, 5.74) is 5.53. The van der Waals surface area contributed by atoms with Crippen molar-refractivity contribution in [1.29, 1.82) is 5.26 Å². The Morgan fingerprint density at radius 2 is 1.77 bits per heavy atom. The lowest BCUT2D eigenvalue weighted by Gasteiger charge is -2.30. The molecule has 6 rings (SSSR count). The molecule has 1 aliphatic rings. The first kappa shape index (κ1) is 31.1. The van der Waals surface area contributed by atoms with Crippen LogP contribution in [0.3, 0.4) is 0 Å². The number of carboxylic acids is 1. The molecular formula is C39H34N3O5+. The summed E-state index contributed by atoms with van der Waals surface area (Å²) in [6.07, 6.45) is 7.79. The Morgan fingerprint density at radius 1 is 1.04 bits per heavy atom. The van der Waals surface area contributed by atoms with E-state index in [4.69, 9.17) is 9.15 Å². The number of carbonyl (C=O) groups is 2. The molecule has 0 saturated heterocycles. The van der Waals surface area contributed by atoms with Crippen molar-refractivity contribution in [2.75, 3.05) is 18.1 Å². The normalized spacial score (nSPS) is 17.0. The number of fused-ring (bicyclic) bond motifs is 3. The first-order valence-electron chi connectivity index (χ1n) is 15.4. The van der Waals surface area contributed by atoms with Crippen molar-refractivity contribution in [2.45, 2.75) is 31.7 Å². The van der Waals surface area contributed by atoms with E-state index in [0.29, 0.717) is 36.5 Å². The van der Waals surface area contributed by atoms with Crippen molar-refractivity contribution >= 4 is 46.1 Å². The Bertz CT molecular complexity index is 2090. The maximum Gasteiger partial charge on any atom is 0.374 e. The van der Waals surface area contributed by atoms with E-state index in [0.717, 1.165) is 38.8 Å². The standard InChI is InChI=1S/C39H33N3O5/c1-39(25-28-9-3-2-4-10-28)32-23-30-11-5-6-12-31(30)24-34(32)41(20-19-38(44)45)36(39)17-15-29(26-40)16-18-37-42(21-22-46-27-43)33-13-7-8-14-35(33)47-37/h2-18,23-24,27H,19-22,25H2,1H3/p+1. The number of carbonyl (C=O) groups excluding carboxylic acids is 1. The number of aliphatic carboxylic acids is 1. The maximum atomic E-state index is 11.8. The number of hydrogen-bond acceptors (Lipinski definition) is 6. The fraction of sp³-hybridized carbons (Fsp3) is 0.179. The van der Waals surface area contributed by atoms with E-state index in [1.807, 2.05) is 65.2 Å². The number of para-hydroxylation sites is 2. The molecule has 4 aromatic carbocycles. The average Bonchev–Trinajstić information content (AvgIpc) is 3.54. The highest BCUT2D eigenvalue weighted by molar-refractivity contribution is 5.91. The summed E-state index contributed by atoms with van der Waals surface area (Å²) < 4.78 is 12.9. The number of aromatic nitrogens is 1. The molecule has 47 heavy (non-hydrogen) atoms. The second-order valence-electron chi connectivity index (χ2n) is 11.7. The molecule has 1 aliphatic heterocycles. The Kier molecular flexibility index (Phi) is 8.98. The van der Waals surface area contributed by atoms with Crippen LogP contribution in [-0.4, -0.2) is 30.7 Å². The fourth-order valence-corrected chi connectivity index (χ4v) is 6.43. The molecule has 0 bridgehead atoms. The van der Waals surface area contributed by atoms with Crippen LogP contribution in [0.25, 0.3) is 27.9 Å². The molecule has 8 nitrogen and oxygen atoms in total. The van der Waals surface area contributed by atoms with Gasteiger partial charge in [0.15, 0.2) is 13.2 Å². The molecule has 5 aromatic rings. The van der Waals surface area contributed by atoms with Crippen molar-refractivity contribution in [2.24, 2.45) is 0 Å². The molecule has 8 heteroatoms. The van der Waals surface area contributed by atoms with Crippen LogP contribution < -0.4 is 9.47 Å². The first-order chi connectivity index (χ1) is 22.9. The van der Waals surface area contributed by atoms with Crippen LogP contribution in [0.4, 0.5) is 5.69 Å². The number of rotatable bonds is 12. The van der Waals surface area contributed by atoms with E-state index in [2.05, 4.69) is 54.3 Å². The third-order valence-corrected chi connectivity index (χ3v) is 8.65. The second-order valence-corrected chi connectivity index (χ2v) is 11.7. The van der Waals surface area contributed by atoms with E-state index < -0.39 is 11.4 Å². The zero-order chi connectivity index (χ0) is 32.8. The lowest BCUT2D eigenvalue weighted by molar-refractivity contribution is -0.679. The minimum Gasteiger partial charge on any atom is -0.481 e. The van der Waals surface area contributed by atoms with Gasteiger partial charge in [0.05, 0.1) is 24.1 Å². The van der Waals surface area contributed by atoms with E-state index in [9.17, 15) is 20.0 Å². The molecule has 0 radical (unpaired) electrons. The highest BCUT2D eigenvalue weighted by Gasteiger charge is 2.43. The molecule has 0 spiro atoms. The van der Waals surface area contributed by atoms with Crippen molar-refractivity contribution < 1.29 is 28.4 Å². The molecule has 2 heterocycles. The molecule has 1 atom stereocenters. The minimum absolute atomic E-state index is 0.0420. The van der Waals surface area contributed by atoms with Crippen molar-refractivity contribution in [1.82, 2.24) is 0 Å². The zero-order valence-corrected chi connectivity index (χ0v) is 26.0. The number of nitrogens with zero attached hydrogens (tertiary/aromatic N) is 3. The molecular weight excluding hydrogens is 590 g/mol. The fourth-order valence-electron chi connectivity index (χ4n) is 6.43. The monoisotopic (exact) mass is 624 g/mol. The number of anilines is 1. The van der Waals surface area contributed by atoms with E-state index in [-0.39, 0.29) is 19.6 Å².